The maximum atomic E-state index is 12.5. The van der Waals surface area contributed by atoms with Gasteiger partial charge in [0.25, 0.3) is 0 Å². The summed E-state index contributed by atoms with van der Waals surface area (Å²) in [5, 5.41) is 2.96. The molecule has 0 saturated carbocycles. The minimum absolute atomic E-state index is 0.396. The Kier molecular flexibility index (Phi) is 6.15. The van der Waals surface area contributed by atoms with Crippen molar-refractivity contribution in [1.82, 2.24) is 5.32 Å². The highest BCUT2D eigenvalue weighted by atomic mass is 79.9. The van der Waals surface area contributed by atoms with Crippen LogP contribution in [0.3, 0.4) is 0 Å². The summed E-state index contributed by atoms with van der Waals surface area (Å²) in [7, 11) is 0. The van der Waals surface area contributed by atoms with Crippen molar-refractivity contribution in [3.05, 3.63) is 34.3 Å². The minimum atomic E-state index is -4.12. The second-order valence-corrected chi connectivity index (χ2v) is 5.22. The Hall–Kier alpha value is -0.550. The van der Waals surface area contributed by atoms with Gasteiger partial charge in [0, 0.05) is 10.5 Å². The normalized spacial score (nSPS) is 13.6. The van der Waals surface area contributed by atoms with Gasteiger partial charge in [0.2, 0.25) is 0 Å². The number of rotatable bonds is 6. The smallest absolute Gasteiger partial charge is 0.313 e. The molecular weight excluding hydrogens is 307 g/mol. The SMILES string of the molecule is CCCNC(Cc1ccc(Br)cc1)CC(F)(F)F. The molecule has 0 aromatic heterocycles. The third-order valence-electron chi connectivity index (χ3n) is 2.56. The van der Waals surface area contributed by atoms with Crippen molar-refractivity contribution in [3.8, 4) is 0 Å². The molecule has 0 radical (unpaired) electrons. The number of alkyl halides is 3. The molecule has 5 heteroatoms. The quantitative estimate of drug-likeness (QED) is 0.822. The Morgan fingerprint density at radius 1 is 1.22 bits per heavy atom. The van der Waals surface area contributed by atoms with Gasteiger partial charge in [0.05, 0.1) is 6.42 Å². The number of halogens is 4. The molecule has 0 bridgehead atoms. The van der Waals surface area contributed by atoms with Gasteiger partial charge in [0.1, 0.15) is 0 Å². The predicted molar refractivity (Wildman–Crippen MR) is 70.6 cm³/mol. The van der Waals surface area contributed by atoms with E-state index >= 15 is 0 Å². The largest absolute Gasteiger partial charge is 0.390 e. The van der Waals surface area contributed by atoms with E-state index in [2.05, 4.69) is 21.2 Å². The molecule has 0 aliphatic heterocycles. The molecule has 0 aliphatic rings. The molecular formula is C13H17BrF3N. The van der Waals surface area contributed by atoms with Crippen LogP contribution in [-0.4, -0.2) is 18.8 Å². The minimum Gasteiger partial charge on any atom is -0.313 e. The van der Waals surface area contributed by atoms with Crippen LogP contribution in [-0.2, 0) is 6.42 Å². The highest BCUT2D eigenvalue weighted by Crippen LogP contribution is 2.23. The molecule has 0 saturated heterocycles. The summed E-state index contributed by atoms with van der Waals surface area (Å²) in [5.74, 6) is 0. The monoisotopic (exact) mass is 323 g/mol. The lowest BCUT2D eigenvalue weighted by Crippen LogP contribution is -2.36. The highest BCUT2D eigenvalue weighted by Gasteiger charge is 2.31. The summed E-state index contributed by atoms with van der Waals surface area (Å²) in [5.41, 5.74) is 0.913. The summed E-state index contributed by atoms with van der Waals surface area (Å²) in [6.45, 7) is 2.55. The van der Waals surface area contributed by atoms with E-state index in [0.29, 0.717) is 13.0 Å². The van der Waals surface area contributed by atoms with Gasteiger partial charge in [-0.2, -0.15) is 13.2 Å². The van der Waals surface area contributed by atoms with E-state index in [1.54, 1.807) is 0 Å². The van der Waals surface area contributed by atoms with E-state index in [-0.39, 0.29) is 0 Å². The summed E-state index contributed by atoms with van der Waals surface area (Å²) < 4.78 is 38.3. The second kappa shape index (κ2) is 7.14. The van der Waals surface area contributed by atoms with Crippen molar-refractivity contribution in [2.75, 3.05) is 6.54 Å². The van der Waals surface area contributed by atoms with Crippen LogP contribution in [0, 0.1) is 0 Å². The molecule has 0 amide bonds. The maximum Gasteiger partial charge on any atom is 0.390 e. The van der Waals surface area contributed by atoms with E-state index in [4.69, 9.17) is 0 Å². The Morgan fingerprint density at radius 2 is 1.83 bits per heavy atom. The number of hydrogen-bond donors (Lipinski definition) is 1. The molecule has 0 aliphatic carbocycles. The van der Waals surface area contributed by atoms with E-state index < -0.39 is 18.6 Å². The predicted octanol–water partition coefficient (Wildman–Crippen LogP) is 4.31. The summed E-state index contributed by atoms with van der Waals surface area (Å²) in [6, 6.07) is 6.84. The molecule has 1 atom stereocenters. The Labute approximate surface area is 114 Å². The molecule has 1 N–H and O–H groups in total. The van der Waals surface area contributed by atoms with Gasteiger partial charge in [0.15, 0.2) is 0 Å². The first-order chi connectivity index (χ1) is 8.40. The average Bonchev–Trinajstić information content (AvgIpc) is 2.27. The van der Waals surface area contributed by atoms with E-state index in [0.717, 1.165) is 16.5 Å². The third-order valence-corrected chi connectivity index (χ3v) is 3.08. The molecule has 0 heterocycles. The molecule has 0 spiro atoms. The van der Waals surface area contributed by atoms with E-state index in [1.165, 1.54) is 0 Å². The van der Waals surface area contributed by atoms with Crippen LogP contribution in [0.25, 0.3) is 0 Å². The van der Waals surface area contributed by atoms with Gasteiger partial charge in [-0.1, -0.05) is 35.0 Å². The van der Waals surface area contributed by atoms with Crippen LogP contribution < -0.4 is 5.32 Å². The fourth-order valence-corrected chi connectivity index (χ4v) is 2.01. The van der Waals surface area contributed by atoms with Crippen molar-refractivity contribution < 1.29 is 13.2 Å². The molecule has 1 rings (SSSR count). The van der Waals surface area contributed by atoms with Crippen LogP contribution in [0.1, 0.15) is 25.3 Å². The fraction of sp³-hybridized carbons (Fsp3) is 0.538. The first-order valence-electron chi connectivity index (χ1n) is 5.95. The second-order valence-electron chi connectivity index (χ2n) is 4.30. The summed E-state index contributed by atoms with van der Waals surface area (Å²) in [4.78, 5) is 0. The van der Waals surface area contributed by atoms with Crippen molar-refractivity contribution in [1.29, 1.82) is 0 Å². The molecule has 1 aromatic rings. The molecule has 102 valence electrons. The van der Waals surface area contributed by atoms with Gasteiger partial charge in [-0.25, -0.2) is 0 Å². The van der Waals surface area contributed by atoms with E-state index in [1.807, 2.05) is 31.2 Å². The Morgan fingerprint density at radius 3 is 2.33 bits per heavy atom. The molecule has 18 heavy (non-hydrogen) atoms. The molecule has 1 aromatic carbocycles. The Balaban J connectivity index is 2.62. The number of benzene rings is 1. The molecule has 0 fully saturated rings. The van der Waals surface area contributed by atoms with Crippen molar-refractivity contribution in [3.63, 3.8) is 0 Å². The van der Waals surface area contributed by atoms with Crippen LogP contribution in [0.15, 0.2) is 28.7 Å². The zero-order valence-electron chi connectivity index (χ0n) is 10.2. The standard InChI is InChI=1S/C13H17BrF3N/c1-2-7-18-12(9-13(15,16)17)8-10-3-5-11(14)6-4-10/h3-6,12,18H,2,7-9H2,1H3. The lowest BCUT2D eigenvalue weighted by atomic mass is 10.0. The summed E-state index contributed by atoms with van der Waals surface area (Å²) >= 11 is 3.31. The van der Waals surface area contributed by atoms with Crippen LogP contribution in [0.2, 0.25) is 0 Å². The lowest BCUT2D eigenvalue weighted by Gasteiger charge is -2.20. The van der Waals surface area contributed by atoms with Gasteiger partial charge < -0.3 is 5.32 Å². The first kappa shape index (κ1) is 15.5. The van der Waals surface area contributed by atoms with E-state index in [9.17, 15) is 13.2 Å². The van der Waals surface area contributed by atoms with Gasteiger partial charge in [-0.05, 0) is 37.1 Å². The molecule has 1 unspecified atom stereocenters. The lowest BCUT2D eigenvalue weighted by molar-refractivity contribution is -0.139. The van der Waals surface area contributed by atoms with Crippen LogP contribution >= 0.6 is 15.9 Å². The maximum absolute atomic E-state index is 12.5. The van der Waals surface area contributed by atoms with Crippen molar-refractivity contribution in [2.45, 2.75) is 38.4 Å². The van der Waals surface area contributed by atoms with Crippen LogP contribution in [0.4, 0.5) is 13.2 Å². The van der Waals surface area contributed by atoms with Gasteiger partial charge in [-0.3, -0.25) is 0 Å². The summed E-state index contributed by atoms with van der Waals surface area (Å²) in [6.07, 6.45) is -3.69. The third kappa shape index (κ3) is 6.40. The zero-order valence-corrected chi connectivity index (χ0v) is 11.8. The van der Waals surface area contributed by atoms with Gasteiger partial charge in [-0.15, -0.1) is 0 Å². The van der Waals surface area contributed by atoms with Crippen molar-refractivity contribution in [2.24, 2.45) is 0 Å². The topological polar surface area (TPSA) is 12.0 Å². The molecule has 1 nitrogen and oxygen atoms in total. The number of hydrogen-bond acceptors (Lipinski definition) is 1. The zero-order chi connectivity index (χ0) is 13.6. The Bertz CT molecular complexity index is 348. The van der Waals surface area contributed by atoms with Crippen molar-refractivity contribution >= 4 is 15.9 Å². The average molecular weight is 324 g/mol. The van der Waals surface area contributed by atoms with Gasteiger partial charge >= 0.3 is 6.18 Å². The number of nitrogens with one attached hydrogen (secondary N) is 1. The van der Waals surface area contributed by atoms with Crippen LogP contribution in [0.5, 0.6) is 0 Å². The first-order valence-corrected chi connectivity index (χ1v) is 6.74. The highest BCUT2D eigenvalue weighted by molar-refractivity contribution is 9.10. The fourth-order valence-electron chi connectivity index (χ4n) is 1.75.